The first kappa shape index (κ1) is 18.2. The maximum absolute atomic E-state index is 10.2. The Morgan fingerprint density at radius 3 is 2.74 bits per heavy atom. The van der Waals surface area contributed by atoms with E-state index in [2.05, 4.69) is 49.4 Å². The number of rotatable bonds is 4. The average molecular weight is 430 g/mol. The van der Waals surface area contributed by atoms with Gasteiger partial charge in [-0.3, -0.25) is 0 Å². The number of allylic oxidation sites excluding steroid dienone is 1. The fourth-order valence-electron chi connectivity index (χ4n) is 6.43. The zero-order valence-electron chi connectivity index (χ0n) is 15.2. The highest BCUT2D eigenvalue weighted by atomic mass is 127. The molecule has 2 heteroatoms. The first-order valence-corrected chi connectivity index (χ1v) is 11.3. The number of hydrogen-bond donors (Lipinski definition) is 1. The van der Waals surface area contributed by atoms with Crippen molar-refractivity contribution in [1.82, 2.24) is 0 Å². The summed E-state index contributed by atoms with van der Waals surface area (Å²) in [6.07, 6.45) is 13.7. The lowest BCUT2D eigenvalue weighted by Gasteiger charge is -2.52. The molecular weight excluding hydrogens is 395 g/mol. The van der Waals surface area contributed by atoms with E-state index >= 15 is 0 Å². The Labute approximate surface area is 156 Å². The van der Waals surface area contributed by atoms with Crippen molar-refractivity contribution < 1.29 is 5.11 Å². The summed E-state index contributed by atoms with van der Waals surface area (Å²) >= 11 is 2.75. The van der Waals surface area contributed by atoms with Crippen molar-refractivity contribution in [3.8, 4) is 0 Å². The quantitative estimate of drug-likeness (QED) is 0.323. The summed E-state index contributed by atoms with van der Waals surface area (Å²) in [7, 11) is 0. The monoisotopic (exact) mass is 430 g/mol. The third-order valence-corrected chi connectivity index (χ3v) is 8.84. The maximum Gasteiger partial charge on any atom is 0.0723 e. The normalized spacial score (nSPS) is 46.5. The summed E-state index contributed by atoms with van der Waals surface area (Å²) in [4.78, 5) is 0. The molecule has 3 saturated carbocycles. The van der Waals surface area contributed by atoms with Gasteiger partial charge in [0.1, 0.15) is 0 Å². The summed E-state index contributed by atoms with van der Waals surface area (Å²) in [5.41, 5.74) is 2.18. The van der Waals surface area contributed by atoms with Crippen molar-refractivity contribution in [3.63, 3.8) is 0 Å². The van der Waals surface area contributed by atoms with E-state index in [0.29, 0.717) is 5.41 Å². The molecule has 0 aromatic heterocycles. The van der Waals surface area contributed by atoms with Gasteiger partial charge in [0, 0.05) is 3.92 Å². The Kier molecular flexibility index (Phi) is 5.83. The predicted molar refractivity (Wildman–Crippen MR) is 107 cm³/mol. The van der Waals surface area contributed by atoms with Crippen LogP contribution in [0.25, 0.3) is 0 Å². The molecule has 0 aliphatic heterocycles. The van der Waals surface area contributed by atoms with Crippen molar-refractivity contribution in [1.29, 1.82) is 0 Å². The van der Waals surface area contributed by atoms with Crippen LogP contribution in [0.1, 0.15) is 78.6 Å². The largest absolute Gasteiger partial charge is 0.389 e. The first-order valence-electron chi connectivity index (χ1n) is 10.0. The Hall–Kier alpha value is 0.430. The molecule has 3 aliphatic carbocycles. The van der Waals surface area contributed by atoms with Crippen molar-refractivity contribution in [2.45, 2.75) is 88.6 Å². The molecule has 1 N–H and O–H groups in total. The van der Waals surface area contributed by atoms with E-state index in [0.717, 1.165) is 40.4 Å². The number of fused-ring (bicyclic) bond motifs is 3. The average Bonchev–Trinajstić information content (AvgIpc) is 2.83. The molecule has 3 rings (SSSR count). The lowest BCUT2D eigenvalue weighted by atomic mass is 9.54. The number of aliphatic hydroxyl groups is 1. The van der Waals surface area contributed by atoms with E-state index in [-0.39, 0.29) is 6.10 Å². The minimum Gasteiger partial charge on any atom is -0.389 e. The molecule has 0 aromatic rings. The second kappa shape index (κ2) is 7.35. The number of hydrogen-bond acceptors (Lipinski definition) is 1. The summed E-state index contributed by atoms with van der Waals surface area (Å²) < 4.78 is 0.784. The molecule has 0 bridgehead atoms. The summed E-state index contributed by atoms with van der Waals surface area (Å²) in [5.74, 6) is 3.77. The van der Waals surface area contributed by atoms with E-state index in [1.807, 2.05) is 0 Å². The van der Waals surface area contributed by atoms with Gasteiger partial charge in [-0.1, -0.05) is 67.9 Å². The molecule has 3 fully saturated rings. The highest BCUT2D eigenvalue weighted by Gasteiger charge is 2.55. The van der Waals surface area contributed by atoms with Crippen LogP contribution in [0.5, 0.6) is 0 Å². The van der Waals surface area contributed by atoms with Gasteiger partial charge in [0.05, 0.1) is 6.10 Å². The smallest absolute Gasteiger partial charge is 0.0723 e. The molecule has 23 heavy (non-hydrogen) atoms. The van der Waals surface area contributed by atoms with E-state index < -0.39 is 0 Å². The number of alkyl halides is 1. The van der Waals surface area contributed by atoms with Gasteiger partial charge < -0.3 is 5.11 Å². The minimum atomic E-state index is -0.208. The second-order valence-corrected chi connectivity index (χ2v) is 10.4. The van der Waals surface area contributed by atoms with Gasteiger partial charge in [-0.05, 0) is 74.0 Å². The highest BCUT2D eigenvalue weighted by molar-refractivity contribution is 14.1. The van der Waals surface area contributed by atoms with Gasteiger partial charge in [-0.25, -0.2) is 0 Å². The summed E-state index contributed by atoms with van der Waals surface area (Å²) in [6.45, 7) is 7.18. The second-order valence-electron chi connectivity index (χ2n) is 8.78. The molecule has 0 radical (unpaired) electrons. The van der Waals surface area contributed by atoms with Crippen LogP contribution in [-0.2, 0) is 0 Å². The fourth-order valence-corrected chi connectivity index (χ4v) is 8.09. The molecule has 0 saturated heterocycles. The van der Waals surface area contributed by atoms with Crippen molar-refractivity contribution >= 4 is 22.6 Å². The zero-order chi connectivity index (χ0) is 16.6. The lowest BCUT2D eigenvalue weighted by molar-refractivity contribution is 0.00498. The minimum absolute atomic E-state index is 0.208. The zero-order valence-corrected chi connectivity index (χ0v) is 17.4. The van der Waals surface area contributed by atoms with Crippen LogP contribution in [0.3, 0.4) is 0 Å². The molecule has 7 atom stereocenters. The molecule has 6 unspecified atom stereocenters. The highest BCUT2D eigenvalue weighted by Crippen LogP contribution is 2.63. The van der Waals surface area contributed by atoms with Crippen LogP contribution in [0.4, 0.5) is 0 Å². The van der Waals surface area contributed by atoms with Gasteiger partial charge in [-0.15, -0.1) is 0 Å². The fraction of sp³-hybridized carbons (Fsp3) is 0.905. The third kappa shape index (κ3) is 3.41. The lowest BCUT2D eigenvalue weighted by Crippen LogP contribution is -2.46. The van der Waals surface area contributed by atoms with Crippen LogP contribution in [0.2, 0.25) is 0 Å². The molecule has 0 spiro atoms. The number of aliphatic hydroxyl groups excluding tert-OH is 1. The third-order valence-electron chi connectivity index (χ3n) is 7.57. The molecule has 132 valence electrons. The van der Waals surface area contributed by atoms with Crippen LogP contribution in [-0.4, -0.2) is 15.1 Å². The standard InChI is InChI=1S/C21H35IO/c1-4-6-17(23)12-14-11-15-9-10-21(3)16(5-2)7-8-18(21)20(15)19(22)13-14/h12,15-20,23H,4-11,13H2,1-3H3/b14-12+/t15?,16-,17?,18?,19?,20?,21?/m0/s1. The van der Waals surface area contributed by atoms with E-state index in [9.17, 15) is 5.11 Å². The van der Waals surface area contributed by atoms with Crippen LogP contribution in [0, 0.1) is 29.1 Å². The molecule has 0 amide bonds. The number of halogens is 1. The summed E-state index contributed by atoms with van der Waals surface area (Å²) in [6, 6.07) is 0. The molecule has 0 heterocycles. The van der Waals surface area contributed by atoms with Crippen molar-refractivity contribution in [2.75, 3.05) is 0 Å². The SMILES string of the molecule is CCCC(O)/C=C1/CC(I)C2C(CCC3(C)C2CC[C@@H]3CC)C1. The van der Waals surface area contributed by atoms with Gasteiger partial charge in [-0.2, -0.15) is 0 Å². The Morgan fingerprint density at radius 2 is 2.04 bits per heavy atom. The molecule has 0 aromatic carbocycles. The van der Waals surface area contributed by atoms with Crippen molar-refractivity contribution in [3.05, 3.63) is 11.6 Å². The first-order chi connectivity index (χ1) is 11.0. The van der Waals surface area contributed by atoms with Gasteiger partial charge >= 0.3 is 0 Å². The van der Waals surface area contributed by atoms with E-state index in [4.69, 9.17) is 0 Å². The topological polar surface area (TPSA) is 20.2 Å². The van der Waals surface area contributed by atoms with Crippen LogP contribution in [0.15, 0.2) is 11.6 Å². The van der Waals surface area contributed by atoms with Crippen LogP contribution < -0.4 is 0 Å². The Balaban J connectivity index is 1.74. The Bertz CT molecular complexity index is 445. The van der Waals surface area contributed by atoms with Gasteiger partial charge in [0.25, 0.3) is 0 Å². The summed E-state index contributed by atoms with van der Waals surface area (Å²) in [5, 5.41) is 10.2. The Morgan fingerprint density at radius 1 is 1.26 bits per heavy atom. The van der Waals surface area contributed by atoms with E-state index in [1.165, 1.54) is 44.9 Å². The van der Waals surface area contributed by atoms with Crippen molar-refractivity contribution in [2.24, 2.45) is 29.1 Å². The van der Waals surface area contributed by atoms with Gasteiger partial charge in [0.2, 0.25) is 0 Å². The molecule has 3 aliphatic rings. The van der Waals surface area contributed by atoms with E-state index in [1.54, 1.807) is 5.57 Å². The molecule has 1 nitrogen and oxygen atoms in total. The predicted octanol–water partition coefficient (Wildman–Crippen LogP) is 6.14. The van der Waals surface area contributed by atoms with Crippen LogP contribution >= 0.6 is 22.6 Å². The molecular formula is C21H35IO. The van der Waals surface area contributed by atoms with Gasteiger partial charge in [0.15, 0.2) is 0 Å². The maximum atomic E-state index is 10.2.